The summed E-state index contributed by atoms with van der Waals surface area (Å²) in [7, 11) is 1.16. The summed E-state index contributed by atoms with van der Waals surface area (Å²) < 4.78 is 0. The summed E-state index contributed by atoms with van der Waals surface area (Å²) >= 11 is 0. The zero-order chi connectivity index (χ0) is 12.8. The largest absolute Gasteiger partial charge is 0.481 e. The molecule has 1 unspecified atom stereocenters. The molecule has 17 heavy (non-hydrogen) atoms. The molecule has 1 atom stereocenters. The van der Waals surface area contributed by atoms with Crippen LogP contribution >= 0.6 is 0 Å². The Hall–Kier alpha value is -2.08. The van der Waals surface area contributed by atoms with Crippen molar-refractivity contribution < 1.29 is 19.9 Å². The molecule has 1 rings (SSSR count). The van der Waals surface area contributed by atoms with Gasteiger partial charge in [-0.3, -0.25) is 10.0 Å². The van der Waals surface area contributed by atoms with Gasteiger partial charge >= 0.3 is 12.0 Å². The molecule has 0 saturated carbocycles. The van der Waals surface area contributed by atoms with E-state index >= 15 is 0 Å². The highest BCUT2D eigenvalue weighted by Crippen LogP contribution is 2.16. The average Bonchev–Trinajstić information content (AvgIpc) is 2.28. The monoisotopic (exact) mass is 238 g/mol. The van der Waals surface area contributed by atoms with Crippen molar-refractivity contribution in [3.63, 3.8) is 0 Å². The number of amides is 2. The summed E-state index contributed by atoms with van der Waals surface area (Å²) in [5, 5.41) is 20.5. The maximum atomic E-state index is 11.3. The van der Waals surface area contributed by atoms with E-state index < -0.39 is 18.0 Å². The lowest BCUT2D eigenvalue weighted by Crippen LogP contribution is -2.38. The Morgan fingerprint density at radius 1 is 1.35 bits per heavy atom. The summed E-state index contributed by atoms with van der Waals surface area (Å²) in [5.74, 6) is -1.03. The van der Waals surface area contributed by atoms with E-state index in [0.29, 0.717) is 10.6 Å². The molecule has 0 spiro atoms. The molecule has 0 bridgehead atoms. The predicted octanol–water partition coefficient (Wildman–Crippen LogP) is 1.23. The van der Waals surface area contributed by atoms with Crippen molar-refractivity contribution in [1.82, 2.24) is 10.4 Å². The van der Waals surface area contributed by atoms with Crippen molar-refractivity contribution in [2.45, 2.75) is 12.5 Å². The molecule has 2 amide bonds. The van der Waals surface area contributed by atoms with Gasteiger partial charge in [0.25, 0.3) is 0 Å². The Balaban J connectivity index is 2.81. The van der Waals surface area contributed by atoms with Gasteiger partial charge in [0.05, 0.1) is 12.5 Å². The molecule has 0 aliphatic carbocycles. The average molecular weight is 238 g/mol. The van der Waals surface area contributed by atoms with Gasteiger partial charge in [0.1, 0.15) is 0 Å². The molecule has 0 aromatic heterocycles. The van der Waals surface area contributed by atoms with E-state index in [4.69, 9.17) is 10.3 Å². The lowest BCUT2D eigenvalue weighted by atomic mass is 10.0. The van der Waals surface area contributed by atoms with Gasteiger partial charge in [-0.2, -0.15) is 0 Å². The zero-order valence-electron chi connectivity index (χ0n) is 9.33. The quantitative estimate of drug-likeness (QED) is 0.543. The van der Waals surface area contributed by atoms with Crippen LogP contribution in [0.3, 0.4) is 0 Å². The van der Waals surface area contributed by atoms with Gasteiger partial charge in [-0.1, -0.05) is 30.3 Å². The summed E-state index contributed by atoms with van der Waals surface area (Å²) in [5.41, 5.74) is 0.671. The van der Waals surface area contributed by atoms with Crippen LogP contribution in [0.2, 0.25) is 0 Å². The van der Waals surface area contributed by atoms with Crippen LogP contribution in [0.15, 0.2) is 30.3 Å². The fourth-order valence-corrected chi connectivity index (χ4v) is 1.35. The van der Waals surface area contributed by atoms with Gasteiger partial charge in [0.15, 0.2) is 0 Å². The minimum absolute atomic E-state index is 0.246. The van der Waals surface area contributed by atoms with Crippen LogP contribution < -0.4 is 5.32 Å². The van der Waals surface area contributed by atoms with Crippen LogP contribution in [0.4, 0.5) is 4.79 Å². The third-order valence-corrected chi connectivity index (χ3v) is 2.17. The topological polar surface area (TPSA) is 89.9 Å². The van der Waals surface area contributed by atoms with Crippen molar-refractivity contribution in [1.29, 1.82) is 0 Å². The molecular weight excluding hydrogens is 224 g/mol. The van der Waals surface area contributed by atoms with E-state index in [2.05, 4.69) is 5.32 Å². The lowest BCUT2D eigenvalue weighted by molar-refractivity contribution is -0.137. The number of hydroxylamine groups is 2. The highest BCUT2D eigenvalue weighted by Gasteiger charge is 2.19. The first kappa shape index (κ1) is 13.0. The second-order valence-corrected chi connectivity index (χ2v) is 3.53. The number of carbonyl (C=O) groups is 2. The van der Waals surface area contributed by atoms with Gasteiger partial charge in [0.2, 0.25) is 0 Å². The van der Waals surface area contributed by atoms with E-state index in [-0.39, 0.29) is 6.42 Å². The number of carboxylic acids is 1. The number of nitrogens with one attached hydrogen (secondary N) is 1. The number of hydrogen-bond donors (Lipinski definition) is 3. The van der Waals surface area contributed by atoms with E-state index in [0.717, 1.165) is 7.05 Å². The van der Waals surface area contributed by atoms with Crippen LogP contribution in [0.5, 0.6) is 0 Å². The summed E-state index contributed by atoms with van der Waals surface area (Å²) in [6.45, 7) is 0. The van der Waals surface area contributed by atoms with Gasteiger partial charge in [-0.15, -0.1) is 0 Å². The number of carboxylic acid groups (broad SMARTS) is 1. The Morgan fingerprint density at radius 2 is 1.94 bits per heavy atom. The van der Waals surface area contributed by atoms with Crippen LogP contribution in [0.25, 0.3) is 0 Å². The van der Waals surface area contributed by atoms with Gasteiger partial charge < -0.3 is 10.4 Å². The highest BCUT2D eigenvalue weighted by molar-refractivity contribution is 5.75. The number of urea groups is 1. The van der Waals surface area contributed by atoms with E-state index in [1.165, 1.54) is 0 Å². The molecule has 1 aromatic carbocycles. The predicted molar refractivity (Wildman–Crippen MR) is 59.5 cm³/mol. The second-order valence-electron chi connectivity index (χ2n) is 3.53. The molecule has 0 heterocycles. The minimum atomic E-state index is -1.03. The molecule has 92 valence electrons. The van der Waals surface area contributed by atoms with E-state index in [1.54, 1.807) is 30.3 Å². The van der Waals surface area contributed by atoms with Crippen molar-refractivity contribution in [2.75, 3.05) is 7.05 Å². The SMILES string of the molecule is CN(O)C(=O)NC(CC(=O)O)c1ccccc1. The van der Waals surface area contributed by atoms with Crippen molar-refractivity contribution in [2.24, 2.45) is 0 Å². The smallest absolute Gasteiger partial charge is 0.341 e. The Kier molecular flexibility index (Phi) is 4.47. The third-order valence-electron chi connectivity index (χ3n) is 2.17. The van der Waals surface area contributed by atoms with E-state index in [1.807, 2.05) is 0 Å². The molecule has 0 fully saturated rings. The van der Waals surface area contributed by atoms with Gasteiger partial charge in [-0.05, 0) is 5.56 Å². The zero-order valence-corrected chi connectivity index (χ0v) is 9.33. The first-order chi connectivity index (χ1) is 8.00. The molecule has 1 aromatic rings. The summed E-state index contributed by atoms with van der Waals surface area (Å²) in [6, 6.07) is 7.30. The van der Waals surface area contributed by atoms with Crippen LogP contribution in [-0.2, 0) is 4.79 Å². The highest BCUT2D eigenvalue weighted by atomic mass is 16.5. The van der Waals surface area contributed by atoms with Crippen LogP contribution in [0.1, 0.15) is 18.0 Å². The lowest BCUT2D eigenvalue weighted by Gasteiger charge is -2.19. The number of benzene rings is 1. The standard InChI is InChI=1S/C11H14N2O4/c1-13(17)11(16)12-9(7-10(14)15)8-5-3-2-4-6-8/h2-6,9,17H,7H2,1H3,(H,12,16)(H,14,15). The molecule has 0 aliphatic heterocycles. The Morgan fingerprint density at radius 3 is 2.41 bits per heavy atom. The Bertz CT molecular complexity index is 392. The molecule has 6 nitrogen and oxygen atoms in total. The fourth-order valence-electron chi connectivity index (χ4n) is 1.35. The van der Waals surface area contributed by atoms with E-state index in [9.17, 15) is 9.59 Å². The van der Waals surface area contributed by atoms with Crippen LogP contribution in [0, 0.1) is 0 Å². The molecule has 6 heteroatoms. The number of aliphatic carboxylic acids is 1. The molecule has 3 N–H and O–H groups in total. The number of nitrogens with zero attached hydrogens (tertiary/aromatic N) is 1. The number of carbonyl (C=O) groups excluding carboxylic acids is 1. The molecular formula is C11H14N2O4. The summed E-state index contributed by atoms with van der Waals surface area (Å²) in [6.07, 6.45) is -0.246. The van der Waals surface area contributed by atoms with Crippen LogP contribution in [-0.4, -0.2) is 34.4 Å². The van der Waals surface area contributed by atoms with Crippen molar-refractivity contribution in [3.05, 3.63) is 35.9 Å². The first-order valence-corrected chi connectivity index (χ1v) is 5.00. The maximum Gasteiger partial charge on any atom is 0.341 e. The first-order valence-electron chi connectivity index (χ1n) is 5.00. The van der Waals surface area contributed by atoms with Gasteiger partial charge in [0, 0.05) is 7.05 Å². The molecule has 0 saturated heterocycles. The Labute approximate surface area is 98.4 Å². The molecule has 0 aliphatic rings. The number of hydrogen-bond acceptors (Lipinski definition) is 3. The third kappa shape index (κ3) is 4.12. The van der Waals surface area contributed by atoms with Crippen molar-refractivity contribution in [3.8, 4) is 0 Å². The maximum absolute atomic E-state index is 11.3. The van der Waals surface area contributed by atoms with Crippen molar-refractivity contribution >= 4 is 12.0 Å². The fraction of sp³-hybridized carbons (Fsp3) is 0.273. The number of rotatable bonds is 4. The normalized spacial score (nSPS) is 11.6. The minimum Gasteiger partial charge on any atom is -0.481 e. The van der Waals surface area contributed by atoms with Gasteiger partial charge in [-0.25, -0.2) is 9.86 Å². The summed E-state index contributed by atoms with van der Waals surface area (Å²) in [4.78, 5) is 22.0. The second kappa shape index (κ2) is 5.86. The molecule has 0 radical (unpaired) electrons.